The fraction of sp³-hybridized carbons (Fsp3) is 0.500. The van der Waals surface area contributed by atoms with Crippen molar-refractivity contribution < 1.29 is 8.78 Å². The molecule has 1 nitrogen and oxygen atoms in total. The molecule has 0 fully saturated rings. The fourth-order valence-corrected chi connectivity index (χ4v) is 1.68. The highest BCUT2D eigenvalue weighted by molar-refractivity contribution is 5.20. The summed E-state index contributed by atoms with van der Waals surface area (Å²) in [5.41, 5.74) is 5.80. The van der Waals surface area contributed by atoms with Crippen LogP contribution in [-0.2, 0) is 6.42 Å². The van der Waals surface area contributed by atoms with E-state index in [1.807, 2.05) is 13.8 Å². The molecule has 1 rings (SSSR count). The second-order valence-corrected chi connectivity index (χ2v) is 4.59. The summed E-state index contributed by atoms with van der Waals surface area (Å²) in [5, 5.41) is 0. The smallest absolute Gasteiger partial charge is 0.162 e. The molecule has 0 saturated carbocycles. The Kier molecular flexibility index (Phi) is 3.80. The molecule has 0 aliphatic carbocycles. The number of hydrogen-bond donors (Lipinski definition) is 1. The van der Waals surface area contributed by atoms with Gasteiger partial charge in [-0.25, -0.2) is 8.78 Å². The molecule has 84 valence electrons. The first-order valence-corrected chi connectivity index (χ1v) is 5.09. The van der Waals surface area contributed by atoms with E-state index in [2.05, 4.69) is 0 Å². The van der Waals surface area contributed by atoms with Gasteiger partial charge in [-0.1, -0.05) is 26.0 Å². The van der Waals surface area contributed by atoms with Crippen molar-refractivity contribution in [2.75, 3.05) is 6.54 Å². The SMILES string of the molecule is CC(C)(CCN)Cc1cccc(F)c1F. The van der Waals surface area contributed by atoms with Crippen LogP contribution < -0.4 is 5.73 Å². The zero-order chi connectivity index (χ0) is 11.5. The van der Waals surface area contributed by atoms with E-state index in [-0.39, 0.29) is 5.41 Å². The van der Waals surface area contributed by atoms with E-state index >= 15 is 0 Å². The number of nitrogens with two attached hydrogens (primary N) is 1. The zero-order valence-electron chi connectivity index (χ0n) is 9.19. The maximum absolute atomic E-state index is 13.4. The molecule has 2 N–H and O–H groups in total. The first-order chi connectivity index (χ1) is 6.96. The number of hydrogen-bond acceptors (Lipinski definition) is 1. The summed E-state index contributed by atoms with van der Waals surface area (Å²) in [6, 6.07) is 4.29. The van der Waals surface area contributed by atoms with E-state index in [0.29, 0.717) is 18.5 Å². The van der Waals surface area contributed by atoms with Crippen molar-refractivity contribution in [1.82, 2.24) is 0 Å². The highest BCUT2D eigenvalue weighted by Gasteiger charge is 2.20. The van der Waals surface area contributed by atoms with E-state index in [1.165, 1.54) is 6.07 Å². The van der Waals surface area contributed by atoms with Crippen LogP contribution in [0, 0.1) is 17.0 Å². The molecule has 0 heterocycles. The molecule has 0 atom stereocenters. The molecule has 0 radical (unpaired) electrons. The summed E-state index contributed by atoms with van der Waals surface area (Å²) in [6.45, 7) is 4.57. The van der Waals surface area contributed by atoms with Crippen LogP contribution in [-0.4, -0.2) is 6.54 Å². The number of rotatable bonds is 4. The van der Waals surface area contributed by atoms with Gasteiger partial charge in [0.25, 0.3) is 0 Å². The summed E-state index contributed by atoms with van der Waals surface area (Å²) in [5.74, 6) is -1.52. The Morgan fingerprint density at radius 2 is 1.93 bits per heavy atom. The minimum Gasteiger partial charge on any atom is -0.330 e. The van der Waals surface area contributed by atoms with Crippen molar-refractivity contribution in [1.29, 1.82) is 0 Å². The molecule has 0 unspecified atom stereocenters. The van der Waals surface area contributed by atoms with Gasteiger partial charge in [-0.3, -0.25) is 0 Å². The van der Waals surface area contributed by atoms with Crippen molar-refractivity contribution in [2.45, 2.75) is 26.7 Å². The van der Waals surface area contributed by atoms with Gasteiger partial charge in [0.15, 0.2) is 11.6 Å². The molecule has 0 amide bonds. The molecule has 0 aromatic heterocycles. The van der Waals surface area contributed by atoms with Gasteiger partial charge in [0.1, 0.15) is 0 Å². The highest BCUT2D eigenvalue weighted by Crippen LogP contribution is 2.27. The predicted molar refractivity (Wildman–Crippen MR) is 57.5 cm³/mol. The molecular formula is C12H17F2N. The van der Waals surface area contributed by atoms with Crippen LogP contribution in [0.15, 0.2) is 18.2 Å². The van der Waals surface area contributed by atoms with E-state index in [1.54, 1.807) is 6.07 Å². The molecule has 1 aromatic rings. The van der Waals surface area contributed by atoms with E-state index in [9.17, 15) is 8.78 Å². The Bertz CT molecular complexity index is 334. The second-order valence-electron chi connectivity index (χ2n) is 4.59. The molecule has 15 heavy (non-hydrogen) atoms. The minimum atomic E-state index is -0.781. The lowest BCUT2D eigenvalue weighted by atomic mass is 9.82. The second kappa shape index (κ2) is 4.71. The van der Waals surface area contributed by atoms with E-state index in [0.717, 1.165) is 12.5 Å². The lowest BCUT2D eigenvalue weighted by Crippen LogP contribution is -2.20. The van der Waals surface area contributed by atoms with Crippen LogP contribution in [0.3, 0.4) is 0 Å². The largest absolute Gasteiger partial charge is 0.330 e. The van der Waals surface area contributed by atoms with Gasteiger partial charge in [0, 0.05) is 0 Å². The maximum atomic E-state index is 13.4. The van der Waals surface area contributed by atoms with Crippen LogP contribution in [0.25, 0.3) is 0 Å². The minimum absolute atomic E-state index is 0.0939. The lowest BCUT2D eigenvalue weighted by Gasteiger charge is -2.24. The summed E-state index contributed by atoms with van der Waals surface area (Å²) in [4.78, 5) is 0. The monoisotopic (exact) mass is 213 g/mol. The summed E-state index contributed by atoms with van der Waals surface area (Å²) < 4.78 is 26.3. The normalized spacial score (nSPS) is 11.8. The highest BCUT2D eigenvalue weighted by atomic mass is 19.2. The third kappa shape index (κ3) is 3.27. The first kappa shape index (κ1) is 12.1. The van der Waals surface area contributed by atoms with Crippen LogP contribution in [0.4, 0.5) is 8.78 Å². The first-order valence-electron chi connectivity index (χ1n) is 5.09. The molecule has 1 aromatic carbocycles. The average molecular weight is 213 g/mol. The van der Waals surface area contributed by atoms with Crippen molar-refractivity contribution in [3.05, 3.63) is 35.4 Å². The Balaban J connectivity index is 2.85. The van der Waals surface area contributed by atoms with Gasteiger partial charge in [0.2, 0.25) is 0 Å². The fourth-order valence-electron chi connectivity index (χ4n) is 1.68. The Labute approximate surface area is 89.3 Å². The van der Waals surface area contributed by atoms with Gasteiger partial charge in [-0.2, -0.15) is 0 Å². The van der Waals surface area contributed by atoms with Crippen LogP contribution in [0.1, 0.15) is 25.8 Å². The van der Waals surface area contributed by atoms with Gasteiger partial charge in [-0.05, 0) is 36.4 Å². The third-order valence-electron chi connectivity index (χ3n) is 2.52. The van der Waals surface area contributed by atoms with Gasteiger partial charge >= 0.3 is 0 Å². The van der Waals surface area contributed by atoms with Crippen LogP contribution in [0.5, 0.6) is 0 Å². The quantitative estimate of drug-likeness (QED) is 0.817. The summed E-state index contributed by atoms with van der Waals surface area (Å²) >= 11 is 0. The lowest BCUT2D eigenvalue weighted by molar-refractivity contribution is 0.331. The molecular weight excluding hydrogens is 196 g/mol. The third-order valence-corrected chi connectivity index (χ3v) is 2.52. The van der Waals surface area contributed by atoms with Crippen LogP contribution >= 0.6 is 0 Å². The number of benzene rings is 1. The van der Waals surface area contributed by atoms with Gasteiger partial charge in [0.05, 0.1) is 0 Å². The molecule has 3 heteroatoms. The summed E-state index contributed by atoms with van der Waals surface area (Å²) in [7, 11) is 0. The molecule has 0 bridgehead atoms. The molecule has 0 spiro atoms. The maximum Gasteiger partial charge on any atom is 0.162 e. The van der Waals surface area contributed by atoms with Crippen molar-refractivity contribution in [3.63, 3.8) is 0 Å². The Hall–Kier alpha value is -0.960. The Morgan fingerprint density at radius 1 is 1.27 bits per heavy atom. The van der Waals surface area contributed by atoms with E-state index < -0.39 is 11.6 Å². The average Bonchev–Trinajstić information content (AvgIpc) is 2.12. The predicted octanol–water partition coefficient (Wildman–Crippen LogP) is 2.88. The van der Waals surface area contributed by atoms with Crippen molar-refractivity contribution in [2.24, 2.45) is 11.1 Å². The van der Waals surface area contributed by atoms with Gasteiger partial charge in [-0.15, -0.1) is 0 Å². The molecule has 0 aliphatic rings. The number of halogens is 2. The molecule has 0 aliphatic heterocycles. The Morgan fingerprint density at radius 3 is 2.53 bits per heavy atom. The van der Waals surface area contributed by atoms with E-state index in [4.69, 9.17) is 5.73 Å². The van der Waals surface area contributed by atoms with Gasteiger partial charge < -0.3 is 5.73 Å². The van der Waals surface area contributed by atoms with Crippen molar-refractivity contribution in [3.8, 4) is 0 Å². The standard InChI is InChI=1S/C12H17F2N/c1-12(2,6-7-15)8-9-4-3-5-10(13)11(9)14/h3-5H,6-8,15H2,1-2H3. The molecule has 0 saturated heterocycles. The zero-order valence-corrected chi connectivity index (χ0v) is 9.19. The summed E-state index contributed by atoms with van der Waals surface area (Å²) in [6.07, 6.45) is 1.30. The van der Waals surface area contributed by atoms with Crippen LogP contribution in [0.2, 0.25) is 0 Å². The van der Waals surface area contributed by atoms with Crippen molar-refractivity contribution >= 4 is 0 Å². The topological polar surface area (TPSA) is 26.0 Å².